The van der Waals surface area contributed by atoms with Gasteiger partial charge in [0.1, 0.15) is 0 Å². The molecule has 0 aromatic heterocycles. The highest BCUT2D eigenvalue weighted by atomic mass is 16.5. The van der Waals surface area contributed by atoms with Gasteiger partial charge in [0.15, 0.2) is 5.78 Å². The zero-order chi connectivity index (χ0) is 12.3. The van der Waals surface area contributed by atoms with Gasteiger partial charge in [-0.2, -0.15) is 0 Å². The van der Waals surface area contributed by atoms with E-state index in [1.807, 2.05) is 0 Å². The lowest BCUT2D eigenvalue weighted by Gasteiger charge is -2.42. The predicted octanol–water partition coefficient (Wildman–Crippen LogP) is 1.09. The molecular formula is C13H23NO3. The Bertz CT molecular complexity index is 270. The van der Waals surface area contributed by atoms with Crippen molar-refractivity contribution >= 4 is 5.78 Å². The Morgan fingerprint density at radius 1 is 1.29 bits per heavy atom. The number of rotatable bonds is 4. The standard InChI is InChI=1S/C13H23NO3/c1-3-13(2,14-5-8-16-9-6-14)12(15)11-4-7-17-10-11/h11H,3-10H2,1-2H3. The molecule has 2 rings (SSSR count). The molecule has 0 radical (unpaired) electrons. The maximum atomic E-state index is 12.6. The quantitative estimate of drug-likeness (QED) is 0.738. The minimum atomic E-state index is -0.331. The van der Waals surface area contributed by atoms with E-state index in [4.69, 9.17) is 9.47 Å². The van der Waals surface area contributed by atoms with Crippen LogP contribution in [0.15, 0.2) is 0 Å². The van der Waals surface area contributed by atoms with Gasteiger partial charge in [-0.1, -0.05) is 6.92 Å². The summed E-state index contributed by atoms with van der Waals surface area (Å²) in [6, 6.07) is 0. The first-order chi connectivity index (χ1) is 8.18. The van der Waals surface area contributed by atoms with Crippen LogP contribution in [0.3, 0.4) is 0 Å². The number of ketones is 1. The van der Waals surface area contributed by atoms with Gasteiger partial charge in [0.05, 0.1) is 25.4 Å². The van der Waals surface area contributed by atoms with E-state index < -0.39 is 0 Å². The lowest BCUT2D eigenvalue weighted by Crippen LogP contribution is -2.57. The van der Waals surface area contributed by atoms with Crippen molar-refractivity contribution in [2.24, 2.45) is 5.92 Å². The maximum absolute atomic E-state index is 12.6. The Morgan fingerprint density at radius 3 is 2.53 bits per heavy atom. The molecule has 2 heterocycles. The molecule has 0 bridgehead atoms. The smallest absolute Gasteiger partial charge is 0.158 e. The summed E-state index contributed by atoms with van der Waals surface area (Å²) in [5.74, 6) is 0.460. The van der Waals surface area contributed by atoms with Crippen LogP contribution in [0.4, 0.5) is 0 Å². The molecule has 0 amide bonds. The largest absolute Gasteiger partial charge is 0.381 e. The summed E-state index contributed by atoms with van der Waals surface area (Å²) >= 11 is 0. The van der Waals surface area contributed by atoms with Crippen LogP contribution in [-0.2, 0) is 14.3 Å². The first-order valence-electron chi connectivity index (χ1n) is 6.63. The second-order valence-corrected chi connectivity index (χ2v) is 5.15. The van der Waals surface area contributed by atoms with Crippen molar-refractivity contribution in [3.05, 3.63) is 0 Å². The number of morpholine rings is 1. The number of carbonyl (C=O) groups excluding carboxylic acids is 1. The predicted molar refractivity (Wildman–Crippen MR) is 65.0 cm³/mol. The van der Waals surface area contributed by atoms with Crippen molar-refractivity contribution in [1.29, 1.82) is 0 Å². The van der Waals surface area contributed by atoms with Gasteiger partial charge in [-0.05, 0) is 19.8 Å². The molecule has 2 atom stereocenters. The molecule has 2 unspecified atom stereocenters. The maximum Gasteiger partial charge on any atom is 0.158 e. The van der Waals surface area contributed by atoms with Crippen LogP contribution in [0.1, 0.15) is 26.7 Å². The average Bonchev–Trinajstić information content (AvgIpc) is 2.92. The van der Waals surface area contributed by atoms with Crippen molar-refractivity contribution in [3.8, 4) is 0 Å². The third-order valence-corrected chi connectivity index (χ3v) is 4.23. The molecule has 2 aliphatic rings. The number of hydrogen-bond donors (Lipinski definition) is 0. The van der Waals surface area contributed by atoms with E-state index in [0.717, 1.165) is 45.8 Å². The summed E-state index contributed by atoms with van der Waals surface area (Å²) in [5.41, 5.74) is -0.331. The van der Waals surface area contributed by atoms with Crippen molar-refractivity contribution < 1.29 is 14.3 Å². The van der Waals surface area contributed by atoms with Crippen LogP contribution in [0.5, 0.6) is 0 Å². The van der Waals surface area contributed by atoms with Crippen LogP contribution in [0, 0.1) is 5.92 Å². The fourth-order valence-corrected chi connectivity index (χ4v) is 2.79. The van der Waals surface area contributed by atoms with Gasteiger partial charge in [0, 0.05) is 25.6 Å². The van der Waals surface area contributed by atoms with E-state index in [-0.39, 0.29) is 11.5 Å². The van der Waals surface area contributed by atoms with Gasteiger partial charge in [-0.15, -0.1) is 0 Å². The van der Waals surface area contributed by atoms with Gasteiger partial charge in [-0.3, -0.25) is 9.69 Å². The summed E-state index contributed by atoms with van der Waals surface area (Å²) in [6.45, 7) is 8.74. The molecule has 98 valence electrons. The number of hydrogen-bond acceptors (Lipinski definition) is 4. The fourth-order valence-electron chi connectivity index (χ4n) is 2.79. The zero-order valence-electron chi connectivity index (χ0n) is 10.9. The van der Waals surface area contributed by atoms with E-state index in [0.29, 0.717) is 12.4 Å². The zero-order valence-corrected chi connectivity index (χ0v) is 10.9. The highest BCUT2D eigenvalue weighted by Gasteiger charge is 2.42. The molecule has 2 fully saturated rings. The first-order valence-corrected chi connectivity index (χ1v) is 6.63. The second kappa shape index (κ2) is 5.46. The summed E-state index contributed by atoms with van der Waals surface area (Å²) in [5, 5.41) is 0. The number of Topliss-reactive ketones (excluding diaryl/α,β-unsaturated/α-hetero) is 1. The molecule has 0 aromatic rings. The minimum absolute atomic E-state index is 0.0998. The highest BCUT2D eigenvalue weighted by molar-refractivity contribution is 5.90. The monoisotopic (exact) mass is 241 g/mol. The normalized spacial score (nSPS) is 30.1. The van der Waals surface area contributed by atoms with Crippen LogP contribution in [0.25, 0.3) is 0 Å². The topological polar surface area (TPSA) is 38.8 Å². The van der Waals surface area contributed by atoms with Gasteiger partial charge in [-0.25, -0.2) is 0 Å². The van der Waals surface area contributed by atoms with Crippen molar-refractivity contribution in [3.63, 3.8) is 0 Å². The van der Waals surface area contributed by atoms with E-state index in [2.05, 4.69) is 18.7 Å². The van der Waals surface area contributed by atoms with Crippen molar-refractivity contribution in [2.75, 3.05) is 39.5 Å². The SMILES string of the molecule is CCC(C)(C(=O)C1CCOC1)N1CCOCC1. The molecule has 0 aromatic carbocycles. The molecular weight excluding hydrogens is 218 g/mol. The third kappa shape index (κ3) is 2.54. The molecule has 0 saturated carbocycles. The van der Waals surface area contributed by atoms with Gasteiger partial charge in [0.2, 0.25) is 0 Å². The Labute approximate surface area is 103 Å². The van der Waals surface area contributed by atoms with Crippen LogP contribution >= 0.6 is 0 Å². The molecule has 4 nitrogen and oxygen atoms in total. The number of nitrogens with zero attached hydrogens (tertiary/aromatic N) is 1. The summed E-state index contributed by atoms with van der Waals surface area (Å²) in [6.07, 6.45) is 1.75. The Morgan fingerprint density at radius 2 is 2.00 bits per heavy atom. The second-order valence-electron chi connectivity index (χ2n) is 5.15. The molecule has 0 spiro atoms. The molecule has 17 heavy (non-hydrogen) atoms. The van der Waals surface area contributed by atoms with E-state index in [9.17, 15) is 4.79 Å². The van der Waals surface area contributed by atoms with E-state index in [1.165, 1.54) is 0 Å². The third-order valence-electron chi connectivity index (χ3n) is 4.23. The minimum Gasteiger partial charge on any atom is -0.381 e. The number of ether oxygens (including phenoxy) is 2. The molecule has 4 heteroatoms. The molecule has 2 saturated heterocycles. The Hall–Kier alpha value is -0.450. The van der Waals surface area contributed by atoms with Crippen molar-refractivity contribution in [1.82, 2.24) is 4.90 Å². The van der Waals surface area contributed by atoms with Crippen molar-refractivity contribution in [2.45, 2.75) is 32.2 Å². The molecule has 0 N–H and O–H groups in total. The van der Waals surface area contributed by atoms with Gasteiger partial charge >= 0.3 is 0 Å². The highest BCUT2D eigenvalue weighted by Crippen LogP contribution is 2.28. The van der Waals surface area contributed by atoms with E-state index in [1.54, 1.807) is 0 Å². The average molecular weight is 241 g/mol. The van der Waals surface area contributed by atoms with Gasteiger partial charge < -0.3 is 9.47 Å². The Balaban J connectivity index is 2.08. The lowest BCUT2D eigenvalue weighted by atomic mass is 9.83. The number of carbonyl (C=O) groups is 1. The Kier molecular flexibility index (Phi) is 4.17. The van der Waals surface area contributed by atoms with Crippen LogP contribution in [-0.4, -0.2) is 55.7 Å². The van der Waals surface area contributed by atoms with E-state index >= 15 is 0 Å². The van der Waals surface area contributed by atoms with Crippen LogP contribution in [0.2, 0.25) is 0 Å². The summed E-state index contributed by atoms with van der Waals surface area (Å²) in [4.78, 5) is 14.9. The van der Waals surface area contributed by atoms with Gasteiger partial charge in [0.25, 0.3) is 0 Å². The first kappa shape index (κ1) is 13.0. The summed E-state index contributed by atoms with van der Waals surface area (Å²) < 4.78 is 10.7. The lowest BCUT2D eigenvalue weighted by molar-refractivity contribution is -0.138. The molecule has 0 aliphatic carbocycles. The molecule has 2 aliphatic heterocycles. The summed E-state index contributed by atoms with van der Waals surface area (Å²) in [7, 11) is 0. The fraction of sp³-hybridized carbons (Fsp3) is 0.923. The van der Waals surface area contributed by atoms with Crippen LogP contribution < -0.4 is 0 Å².